The second-order valence-corrected chi connectivity index (χ2v) is 6.10. The molecule has 2 aromatic rings. The first-order chi connectivity index (χ1) is 11.1. The average Bonchev–Trinajstić information content (AvgIpc) is 2.57. The highest BCUT2D eigenvalue weighted by atomic mass is 35.5. The van der Waals surface area contributed by atoms with Crippen LogP contribution in [0.3, 0.4) is 0 Å². The number of hydrogen-bond acceptors (Lipinski definition) is 3. The molecular weight excluding hydrogens is 337 g/mol. The SMILES string of the molecule is O=C(c1ccc(-c2cc(Cl)ccc2O)cc1Cl)N1CCOCC1. The molecule has 0 radical (unpaired) electrons. The van der Waals surface area contributed by atoms with Crippen LogP contribution in [0.1, 0.15) is 10.4 Å². The third-order valence-corrected chi connectivity index (χ3v) is 4.32. The van der Waals surface area contributed by atoms with Crippen LogP contribution in [-0.4, -0.2) is 42.2 Å². The predicted molar refractivity (Wildman–Crippen MR) is 90.3 cm³/mol. The molecule has 1 amide bonds. The number of phenols is 1. The number of hydrogen-bond donors (Lipinski definition) is 1. The second-order valence-electron chi connectivity index (χ2n) is 5.26. The van der Waals surface area contributed by atoms with E-state index in [4.69, 9.17) is 27.9 Å². The first-order valence-electron chi connectivity index (χ1n) is 7.22. The summed E-state index contributed by atoms with van der Waals surface area (Å²) in [6.45, 7) is 2.20. The molecule has 1 aliphatic heterocycles. The maximum absolute atomic E-state index is 12.5. The topological polar surface area (TPSA) is 49.8 Å². The summed E-state index contributed by atoms with van der Waals surface area (Å²) < 4.78 is 5.25. The Balaban J connectivity index is 1.91. The van der Waals surface area contributed by atoms with E-state index in [1.54, 1.807) is 35.2 Å². The molecule has 0 atom stereocenters. The van der Waals surface area contributed by atoms with Crippen LogP contribution in [0.4, 0.5) is 0 Å². The fraction of sp³-hybridized carbons (Fsp3) is 0.235. The number of rotatable bonds is 2. The third kappa shape index (κ3) is 3.44. The minimum absolute atomic E-state index is 0.109. The van der Waals surface area contributed by atoms with Gasteiger partial charge in [0.05, 0.1) is 23.8 Å². The van der Waals surface area contributed by atoms with Gasteiger partial charge in [0.15, 0.2) is 0 Å². The van der Waals surface area contributed by atoms with Crippen LogP contribution in [0.5, 0.6) is 5.75 Å². The first kappa shape index (κ1) is 16.1. The smallest absolute Gasteiger partial charge is 0.255 e. The minimum Gasteiger partial charge on any atom is -0.507 e. The molecule has 0 aromatic heterocycles. The van der Waals surface area contributed by atoms with Gasteiger partial charge in [0.25, 0.3) is 5.91 Å². The van der Waals surface area contributed by atoms with Crippen molar-refractivity contribution in [3.8, 4) is 16.9 Å². The normalized spacial score (nSPS) is 14.8. The van der Waals surface area contributed by atoms with Gasteiger partial charge in [-0.15, -0.1) is 0 Å². The molecule has 0 unspecified atom stereocenters. The van der Waals surface area contributed by atoms with E-state index in [2.05, 4.69) is 0 Å². The summed E-state index contributed by atoms with van der Waals surface area (Å²) in [5.74, 6) is -0.00196. The number of ether oxygens (including phenoxy) is 1. The molecule has 0 aliphatic carbocycles. The number of carbonyl (C=O) groups excluding carboxylic acids is 1. The summed E-state index contributed by atoms with van der Waals surface area (Å²) in [5, 5.41) is 10.8. The quantitative estimate of drug-likeness (QED) is 0.894. The molecule has 1 fully saturated rings. The largest absolute Gasteiger partial charge is 0.507 e. The highest BCUT2D eigenvalue weighted by Gasteiger charge is 2.21. The van der Waals surface area contributed by atoms with E-state index in [0.29, 0.717) is 53.0 Å². The molecule has 1 heterocycles. The van der Waals surface area contributed by atoms with Gasteiger partial charge in [-0.2, -0.15) is 0 Å². The zero-order valence-corrected chi connectivity index (χ0v) is 13.8. The van der Waals surface area contributed by atoms with Crippen LogP contribution in [0.15, 0.2) is 36.4 Å². The zero-order valence-electron chi connectivity index (χ0n) is 12.3. The summed E-state index contributed by atoms with van der Waals surface area (Å²) >= 11 is 12.3. The Bertz CT molecular complexity index is 743. The van der Waals surface area contributed by atoms with Crippen molar-refractivity contribution >= 4 is 29.1 Å². The van der Waals surface area contributed by atoms with E-state index in [9.17, 15) is 9.90 Å². The van der Waals surface area contributed by atoms with Crippen molar-refractivity contribution in [2.24, 2.45) is 0 Å². The van der Waals surface area contributed by atoms with Gasteiger partial charge < -0.3 is 14.7 Å². The molecule has 120 valence electrons. The fourth-order valence-electron chi connectivity index (χ4n) is 2.53. The Morgan fingerprint density at radius 2 is 1.83 bits per heavy atom. The molecule has 0 bridgehead atoms. The van der Waals surface area contributed by atoms with Crippen LogP contribution in [0, 0.1) is 0 Å². The number of aromatic hydroxyl groups is 1. The van der Waals surface area contributed by atoms with E-state index in [1.807, 2.05) is 0 Å². The lowest BCUT2D eigenvalue weighted by atomic mass is 10.0. The van der Waals surface area contributed by atoms with Crippen molar-refractivity contribution < 1.29 is 14.6 Å². The van der Waals surface area contributed by atoms with Crippen LogP contribution in [0.2, 0.25) is 10.0 Å². The molecule has 1 saturated heterocycles. The maximum atomic E-state index is 12.5. The fourth-order valence-corrected chi connectivity index (χ4v) is 2.97. The van der Waals surface area contributed by atoms with Crippen molar-refractivity contribution in [2.45, 2.75) is 0 Å². The summed E-state index contributed by atoms with van der Waals surface area (Å²) in [7, 11) is 0. The average molecular weight is 352 g/mol. The lowest BCUT2D eigenvalue weighted by Crippen LogP contribution is -2.40. The number of halogens is 2. The van der Waals surface area contributed by atoms with Crippen LogP contribution in [0.25, 0.3) is 11.1 Å². The van der Waals surface area contributed by atoms with Gasteiger partial charge in [-0.05, 0) is 35.9 Å². The van der Waals surface area contributed by atoms with Gasteiger partial charge in [0.1, 0.15) is 5.75 Å². The first-order valence-corrected chi connectivity index (χ1v) is 7.97. The number of morpholine rings is 1. The lowest BCUT2D eigenvalue weighted by molar-refractivity contribution is 0.0303. The zero-order chi connectivity index (χ0) is 16.4. The molecule has 6 heteroatoms. The molecule has 1 aliphatic rings. The van der Waals surface area contributed by atoms with Crippen molar-refractivity contribution in [3.05, 3.63) is 52.0 Å². The summed E-state index contributed by atoms with van der Waals surface area (Å²) in [5.41, 5.74) is 1.72. The van der Waals surface area contributed by atoms with E-state index >= 15 is 0 Å². The maximum Gasteiger partial charge on any atom is 0.255 e. The Morgan fingerprint density at radius 1 is 1.09 bits per heavy atom. The monoisotopic (exact) mass is 351 g/mol. The molecule has 3 rings (SSSR count). The van der Waals surface area contributed by atoms with Gasteiger partial charge >= 0.3 is 0 Å². The Morgan fingerprint density at radius 3 is 2.52 bits per heavy atom. The Labute approximate surface area is 144 Å². The Kier molecular flexibility index (Phi) is 4.76. The van der Waals surface area contributed by atoms with Crippen LogP contribution >= 0.6 is 23.2 Å². The Hall–Kier alpha value is -1.75. The number of carbonyl (C=O) groups is 1. The number of phenolic OH excluding ortho intramolecular Hbond substituents is 1. The van der Waals surface area contributed by atoms with Gasteiger partial charge in [0, 0.05) is 23.7 Å². The van der Waals surface area contributed by atoms with Crippen LogP contribution in [-0.2, 0) is 4.74 Å². The molecule has 4 nitrogen and oxygen atoms in total. The third-order valence-electron chi connectivity index (χ3n) is 3.77. The molecule has 2 aromatic carbocycles. The van der Waals surface area contributed by atoms with E-state index in [1.165, 1.54) is 6.07 Å². The number of nitrogens with zero attached hydrogens (tertiary/aromatic N) is 1. The number of amides is 1. The molecule has 23 heavy (non-hydrogen) atoms. The van der Waals surface area contributed by atoms with Gasteiger partial charge in [-0.3, -0.25) is 4.79 Å². The highest BCUT2D eigenvalue weighted by Crippen LogP contribution is 2.34. The predicted octanol–water partition coefficient (Wildman–Crippen LogP) is 3.84. The van der Waals surface area contributed by atoms with Gasteiger partial charge in [-0.25, -0.2) is 0 Å². The number of benzene rings is 2. The second kappa shape index (κ2) is 6.79. The van der Waals surface area contributed by atoms with E-state index < -0.39 is 0 Å². The van der Waals surface area contributed by atoms with Crippen molar-refractivity contribution in [1.29, 1.82) is 0 Å². The van der Waals surface area contributed by atoms with Gasteiger partial charge in [0.2, 0.25) is 0 Å². The molecule has 0 spiro atoms. The summed E-state index contributed by atoms with van der Waals surface area (Å²) in [6, 6.07) is 9.89. The van der Waals surface area contributed by atoms with Crippen molar-refractivity contribution in [1.82, 2.24) is 4.90 Å². The standard InChI is InChI=1S/C17H15Cl2NO3/c18-12-2-4-16(21)14(10-12)11-1-3-13(15(19)9-11)17(22)20-5-7-23-8-6-20/h1-4,9-10,21H,5-8H2. The minimum atomic E-state index is -0.111. The highest BCUT2D eigenvalue weighted by molar-refractivity contribution is 6.34. The van der Waals surface area contributed by atoms with E-state index in [-0.39, 0.29) is 11.7 Å². The summed E-state index contributed by atoms with van der Waals surface area (Å²) in [6.07, 6.45) is 0. The van der Waals surface area contributed by atoms with Crippen LogP contribution < -0.4 is 0 Å². The van der Waals surface area contributed by atoms with Crippen molar-refractivity contribution in [2.75, 3.05) is 26.3 Å². The lowest BCUT2D eigenvalue weighted by Gasteiger charge is -2.27. The van der Waals surface area contributed by atoms with Crippen molar-refractivity contribution in [3.63, 3.8) is 0 Å². The summed E-state index contributed by atoms with van der Waals surface area (Å²) in [4.78, 5) is 14.2. The van der Waals surface area contributed by atoms with Gasteiger partial charge in [-0.1, -0.05) is 29.3 Å². The van der Waals surface area contributed by atoms with E-state index in [0.717, 1.165) is 0 Å². The molecule has 0 saturated carbocycles. The molecule has 1 N–H and O–H groups in total. The molecular formula is C17H15Cl2NO3.